The van der Waals surface area contributed by atoms with Gasteiger partial charge in [-0.15, -0.1) is 0 Å². The van der Waals surface area contributed by atoms with Gasteiger partial charge in [0.15, 0.2) is 5.82 Å². The molecule has 0 atom stereocenters. The molecule has 0 amide bonds. The zero-order valence-electron chi connectivity index (χ0n) is 10.8. The molecule has 0 unspecified atom stereocenters. The van der Waals surface area contributed by atoms with Crippen molar-refractivity contribution in [1.29, 1.82) is 0 Å². The van der Waals surface area contributed by atoms with E-state index >= 15 is 0 Å². The molecule has 0 aliphatic carbocycles. The van der Waals surface area contributed by atoms with Crippen molar-refractivity contribution in [2.75, 3.05) is 0 Å². The Morgan fingerprint density at radius 2 is 2.17 bits per heavy atom. The molecular formula is C13H17ClN4. The first kappa shape index (κ1) is 13.1. The summed E-state index contributed by atoms with van der Waals surface area (Å²) in [5.74, 6) is 0.785. The first-order valence-electron chi connectivity index (χ1n) is 5.96. The van der Waals surface area contributed by atoms with Gasteiger partial charge in [-0.2, -0.15) is 5.10 Å². The summed E-state index contributed by atoms with van der Waals surface area (Å²) in [6.45, 7) is 7.09. The molecule has 0 aliphatic rings. The van der Waals surface area contributed by atoms with Crippen molar-refractivity contribution in [3.05, 3.63) is 40.8 Å². The topological polar surface area (TPSA) is 42.7 Å². The minimum absolute atomic E-state index is 0.467. The Labute approximate surface area is 112 Å². The molecule has 0 saturated heterocycles. The third-order valence-corrected chi connectivity index (χ3v) is 2.86. The molecule has 2 aromatic heterocycles. The number of hydrogen-bond acceptors (Lipinski definition) is 3. The monoisotopic (exact) mass is 264 g/mol. The third-order valence-electron chi connectivity index (χ3n) is 2.67. The molecule has 0 fully saturated rings. The summed E-state index contributed by atoms with van der Waals surface area (Å²) in [5, 5.41) is 8.13. The van der Waals surface area contributed by atoms with Gasteiger partial charge >= 0.3 is 0 Å². The summed E-state index contributed by atoms with van der Waals surface area (Å²) < 4.78 is 1.68. The predicted molar refractivity (Wildman–Crippen MR) is 73.1 cm³/mol. The molecule has 18 heavy (non-hydrogen) atoms. The fourth-order valence-electron chi connectivity index (χ4n) is 1.63. The van der Waals surface area contributed by atoms with Crippen molar-refractivity contribution in [3.63, 3.8) is 0 Å². The van der Waals surface area contributed by atoms with Crippen LogP contribution >= 0.6 is 11.6 Å². The van der Waals surface area contributed by atoms with Crippen molar-refractivity contribution in [2.45, 2.75) is 33.4 Å². The van der Waals surface area contributed by atoms with Crippen LogP contribution in [0, 0.1) is 6.92 Å². The third kappa shape index (κ3) is 3.09. The number of rotatable bonds is 4. The van der Waals surface area contributed by atoms with Crippen LogP contribution < -0.4 is 5.32 Å². The maximum Gasteiger partial charge on any atom is 0.153 e. The summed E-state index contributed by atoms with van der Waals surface area (Å²) in [4.78, 5) is 4.54. The Hall–Kier alpha value is -1.39. The van der Waals surface area contributed by atoms with E-state index in [9.17, 15) is 0 Å². The molecule has 2 heterocycles. The van der Waals surface area contributed by atoms with E-state index < -0.39 is 0 Å². The molecule has 0 radical (unpaired) electrons. The van der Waals surface area contributed by atoms with E-state index in [1.54, 1.807) is 17.1 Å². The minimum Gasteiger partial charge on any atom is -0.310 e. The van der Waals surface area contributed by atoms with Crippen LogP contribution in [-0.2, 0) is 6.54 Å². The number of halogens is 1. The number of nitrogens with zero attached hydrogens (tertiary/aromatic N) is 3. The summed E-state index contributed by atoms with van der Waals surface area (Å²) in [5.41, 5.74) is 2.21. The molecule has 2 aromatic rings. The van der Waals surface area contributed by atoms with Gasteiger partial charge < -0.3 is 5.32 Å². The second-order valence-electron chi connectivity index (χ2n) is 4.55. The number of pyridine rings is 1. The van der Waals surface area contributed by atoms with Gasteiger partial charge in [-0.05, 0) is 18.6 Å². The highest BCUT2D eigenvalue weighted by atomic mass is 35.5. The molecular weight excluding hydrogens is 248 g/mol. The van der Waals surface area contributed by atoms with E-state index in [4.69, 9.17) is 11.6 Å². The van der Waals surface area contributed by atoms with Gasteiger partial charge in [0.2, 0.25) is 0 Å². The molecule has 0 bridgehead atoms. The lowest BCUT2D eigenvalue weighted by atomic mass is 10.2. The second kappa shape index (κ2) is 5.50. The Kier molecular flexibility index (Phi) is 3.99. The van der Waals surface area contributed by atoms with E-state index in [0.29, 0.717) is 11.1 Å². The first-order chi connectivity index (χ1) is 8.56. The van der Waals surface area contributed by atoms with E-state index in [1.165, 1.54) is 5.56 Å². The summed E-state index contributed by atoms with van der Waals surface area (Å²) >= 11 is 5.84. The van der Waals surface area contributed by atoms with Gasteiger partial charge in [0.25, 0.3) is 0 Å². The highest BCUT2D eigenvalue weighted by Crippen LogP contribution is 2.13. The molecule has 0 saturated carbocycles. The van der Waals surface area contributed by atoms with Crippen LogP contribution in [0.3, 0.4) is 0 Å². The zero-order valence-corrected chi connectivity index (χ0v) is 11.6. The van der Waals surface area contributed by atoms with Crippen LogP contribution in [0.4, 0.5) is 0 Å². The van der Waals surface area contributed by atoms with E-state index in [2.05, 4.69) is 35.3 Å². The van der Waals surface area contributed by atoms with Crippen LogP contribution in [0.2, 0.25) is 5.02 Å². The molecule has 2 rings (SSSR count). The SMILES string of the molecule is Cc1nc(-n2cc(Cl)cn2)ccc1CNC(C)C. The van der Waals surface area contributed by atoms with Gasteiger partial charge in [-0.1, -0.05) is 31.5 Å². The van der Waals surface area contributed by atoms with Gasteiger partial charge in [0.1, 0.15) is 0 Å². The lowest BCUT2D eigenvalue weighted by Gasteiger charge is -2.11. The molecule has 4 nitrogen and oxygen atoms in total. The van der Waals surface area contributed by atoms with Crippen molar-refractivity contribution in [1.82, 2.24) is 20.1 Å². The molecule has 0 spiro atoms. The van der Waals surface area contributed by atoms with E-state index in [1.807, 2.05) is 13.0 Å². The fraction of sp³-hybridized carbons (Fsp3) is 0.385. The largest absolute Gasteiger partial charge is 0.310 e. The quantitative estimate of drug-likeness (QED) is 0.923. The lowest BCUT2D eigenvalue weighted by Crippen LogP contribution is -2.22. The fourth-order valence-corrected chi connectivity index (χ4v) is 1.77. The number of aromatic nitrogens is 3. The lowest BCUT2D eigenvalue weighted by molar-refractivity contribution is 0.586. The highest BCUT2D eigenvalue weighted by molar-refractivity contribution is 6.30. The van der Waals surface area contributed by atoms with Gasteiger partial charge in [-0.25, -0.2) is 9.67 Å². The molecule has 1 N–H and O–H groups in total. The standard InChI is InChI=1S/C13H17ClN4/c1-9(2)15-6-11-4-5-13(17-10(11)3)18-8-12(14)7-16-18/h4-5,7-9,15H,6H2,1-3H3. The van der Waals surface area contributed by atoms with Crippen LogP contribution in [0.5, 0.6) is 0 Å². The average Bonchev–Trinajstić information content (AvgIpc) is 2.74. The Morgan fingerprint density at radius 1 is 1.39 bits per heavy atom. The summed E-state index contributed by atoms with van der Waals surface area (Å²) in [6.07, 6.45) is 3.35. The van der Waals surface area contributed by atoms with E-state index in [0.717, 1.165) is 18.1 Å². The van der Waals surface area contributed by atoms with Crippen LogP contribution in [-0.4, -0.2) is 20.8 Å². The van der Waals surface area contributed by atoms with Crippen molar-refractivity contribution in [3.8, 4) is 5.82 Å². The van der Waals surface area contributed by atoms with Crippen LogP contribution in [0.25, 0.3) is 5.82 Å². The summed E-state index contributed by atoms with van der Waals surface area (Å²) in [6, 6.07) is 4.49. The Bertz CT molecular complexity index is 534. The molecule has 96 valence electrons. The van der Waals surface area contributed by atoms with Crippen LogP contribution in [0.1, 0.15) is 25.1 Å². The maximum absolute atomic E-state index is 5.84. The Balaban J connectivity index is 2.19. The second-order valence-corrected chi connectivity index (χ2v) is 4.99. The number of hydrogen-bond donors (Lipinski definition) is 1. The molecule has 0 aliphatic heterocycles. The normalized spacial score (nSPS) is 11.2. The van der Waals surface area contributed by atoms with Gasteiger partial charge in [-0.3, -0.25) is 0 Å². The van der Waals surface area contributed by atoms with Crippen molar-refractivity contribution < 1.29 is 0 Å². The first-order valence-corrected chi connectivity index (χ1v) is 6.34. The maximum atomic E-state index is 5.84. The van der Waals surface area contributed by atoms with Crippen LogP contribution in [0.15, 0.2) is 24.5 Å². The minimum atomic E-state index is 0.467. The number of nitrogens with one attached hydrogen (secondary N) is 1. The Morgan fingerprint density at radius 3 is 2.72 bits per heavy atom. The predicted octanol–water partition coefficient (Wildman–Crippen LogP) is 2.73. The average molecular weight is 265 g/mol. The smallest absolute Gasteiger partial charge is 0.153 e. The zero-order chi connectivity index (χ0) is 13.1. The number of aryl methyl sites for hydroxylation is 1. The van der Waals surface area contributed by atoms with Gasteiger partial charge in [0.05, 0.1) is 17.4 Å². The highest BCUT2D eigenvalue weighted by Gasteiger charge is 2.05. The summed E-state index contributed by atoms with van der Waals surface area (Å²) in [7, 11) is 0. The van der Waals surface area contributed by atoms with Crippen molar-refractivity contribution >= 4 is 11.6 Å². The van der Waals surface area contributed by atoms with E-state index in [-0.39, 0.29) is 0 Å². The van der Waals surface area contributed by atoms with Crippen molar-refractivity contribution in [2.24, 2.45) is 0 Å². The molecule has 5 heteroatoms. The van der Waals surface area contributed by atoms with Gasteiger partial charge in [0, 0.05) is 18.3 Å². The molecule has 0 aromatic carbocycles.